The van der Waals surface area contributed by atoms with Gasteiger partial charge in [0.15, 0.2) is 0 Å². The van der Waals surface area contributed by atoms with Crippen molar-refractivity contribution in [3.63, 3.8) is 0 Å². The van der Waals surface area contributed by atoms with Crippen LogP contribution in [0.1, 0.15) is 22.0 Å². The van der Waals surface area contributed by atoms with E-state index in [2.05, 4.69) is 15.4 Å². The van der Waals surface area contributed by atoms with Crippen molar-refractivity contribution in [2.45, 2.75) is 6.04 Å². The minimum atomic E-state index is -0.897. The van der Waals surface area contributed by atoms with Gasteiger partial charge in [-0.3, -0.25) is 4.79 Å². The van der Waals surface area contributed by atoms with Gasteiger partial charge in [-0.05, 0) is 18.2 Å². The Hall–Kier alpha value is -3.53. The summed E-state index contributed by atoms with van der Waals surface area (Å²) in [7, 11) is 0. The van der Waals surface area contributed by atoms with Crippen molar-refractivity contribution in [3.8, 4) is 11.8 Å². The molecule has 0 saturated carbocycles. The highest BCUT2D eigenvalue weighted by atomic mass is 19.1. The quantitative estimate of drug-likeness (QED) is 0.748. The van der Waals surface area contributed by atoms with Crippen LogP contribution in [-0.2, 0) is 0 Å². The SMILES string of the molecule is N#CC(NC(=O)c1ccnc(F)c1)c1cnn(-c2ccccc2)c1. The fraction of sp³-hybridized carbons (Fsp3) is 0.0588. The van der Waals surface area contributed by atoms with Crippen LogP contribution >= 0.6 is 0 Å². The van der Waals surface area contributed by atoms with Gasteiger partial charge in [0.1, 0.15) is 6.04 Å². The van der Waals surface area contributed by atoms with Crippen molar-refractivity contribution in [2.75, 3.05) is 0 Å². The van der Waals surface area contributed by atoms with Crippen LogP contribution in [0.15, 0.2) is 61.1 Å². The van der Waals surface area contributed by atoms with Crippen molar-refractivity contribution in [2.24, 2.45) is 0 Å². The average molecular weight is 321 g/mol. The highest BCUT2D eigenvalue weighted by Gasteiger charge is 2.17. The number of carbonyl (C=O) groups is 1. The van der Waals surface area contributed by atoms with Crippen LogP contribution in [0.4, 0.5) is 4.39 Å². The van der Waals surface area contributed by atoms with E-state index in [1.54, 1.807) is 10.9 Å². The van der Waals surface area contributed by atoms with Gasteiger partial charge in [0, 0.05) is 29.6 Å². The van der Waals surface area contributed by atoms with E-state index in [-0.39, 0.29) is 5.56 Å². The van der Waals surface area contributed by atoms with E-state index >= 15 is 0 Å². The molecule has 0 aliphatic heterocycles. The second-order valence-electron chi connectivity index (χ2n) is 4.96. The van der Waals surface area contributed by atoms with Gasteiger partial charge in [-0.2, -0.15) is 14.8 Å². The molecule has 24 heavy (non-hydrogen) atoms. The largest absolute Gasteiger partial charge is 0.332 e. The summed E-state index contributed by atoms with van der Waals surface area (Å²) in [6, 6.07) is 12.9. The number of nitrogens with zero attached hydrogens (tertiary/aromatic N) is 4. The minimum Gasteiger partial charge on any atom is -0.332 e. The summed E-state index contributed by atoms with van der Waals surface area (Å²) in [4.78, 5) is 15.5. The molecule has 0 aliphatic rings. The third-order valence-electron chi connectivity index (χ3n) is 3.35. The predicted octanol–water partition coefficient (Wildman–Crippen LogP) is 2.40. The second-order valence-corrected chi connectivity index (χ2v) is 4.96. The lowest BCUT2D eigenvalue weighted by molar-refractivity contribution is 0.0944. The van der Waals surface area contributed by atoms with E-state index in [0.29, 0.717) is 5.56 Å². The number of benzene rings is 1. The summed E-state index contributed by atoms with van der Waals surface area (Å²) < 4.78 is 14.7. The number of para-hydroxylation sites is 1. The molecule has 0 aliphatic carbocycles. The van der Waals surface area contributed by atoms with E-state index in [1.807, 2.05) is 36.4 Å². The van der Waals surface area contributed by atoms with Gasteiger partial charge in [-0.25, -0.2) is 9.67 Å². The molecule has 1 amide bonds. The third-order valence-corrected chi connectivity index (χ3v) is 3.35. The van der Waals surface area contributed by atoms with E-state index in [1.165, 1.54) is 18.5 Å². The zero-order valence-electron chi connectivity index (χ0n) is 12.4. The van der Waals surface area contributed by atoms with Gasteiger partial charge in [0.05, 0.1) is 18.0 Å². The molecular weight excluding hydrogens is 309 g/mol. The first-order valence-electron chi connectivity index (χ1n) is 7.09. The Morgan fingerprint density at radius 2 is 2.08 bits per heavy atom. The van der Waals surface area contributed by atoms with E-state index < -0.39 is 17.9 Å². The summed E-state index contributed by atoms with van der Waals surface area (Å²) in [5.41, 5.74) is 1.46. The normalized spacial score (nSPS) is 11.5. The molecule has 1 atom stereocenters. The van der Waals surface area contributed by atoms with Crippen LogP contribution in [0.25, 0.3) is 5.69 Å². The van der Waals surface area contributed by atoms with Crippen LogP contribution in [0.5, 0.6) is 0 Å². The van der Waals surface area contributed by atoms with Crippen LogP contribution in [-0.4, -0.2) is 20.7 Å². The minimum absolute atomic E-state index is 0.0956. The molecule has 6 nitrogen and oxygen atoms in total. The van der Waals surface area contributed by atoms with Crippen molar-refractivity contribution < 1.29 is 9.18 Å². The van der Waals surface area contributed by atoms with Gasteiger partial charge in [-0.15, -0.1) is 0 Å². The number of nitrogens with one attached hydrogen (secondary N) is 1. The number of halogens is 1. The number of carbonyl (C=O) groups excluding carboxylic acids is 1. The maximum Gasteiger partial charge on any atom is 0.252 e. The maximum absolute atomic E-state index is 13.1. The molecule has 1 aromatic carbocycles. The first-order valence-corrected chi connectivity index (χ1v) is 7.09. The van der Waals surface area contributed by atoms with Crippen molar-refractivity contribution in [1.29, 1.82) is 5.26 Å². The van der Waals surface area contributed by atoms with Crippen LogP contribution < -0.4 is 5.32 Å². The average Bonchev–Trinajstić information content (AvgIpc) is 3.10. The lowest BCUT2D eigenvalue weighted by atomic mass is 10.1. The van der Waals surface area contributed by atoms with Gasteiger partial charge >= 0.3 is 0 Å². The first-order chi connectivity index (χ1) is 11.7. The predicted molar refractivity (Wildman–Crippen MR) is 83.6 cm³/mol. The van der Waals surface area contributed by atoms with Crippen LogP contribution in [0, 0.1) is 17.3 Å². The summed E-state index contributed by atoms with van der Waals surface area (Å²) in [6.07, 6.45) is 4.37. The molecule has 2 aromatic heterocycles. The number of hydrogen-bond acceptors (Lipinski definition) is 4. The fourth-order valence-electron chi connectivity index (χ4n) is 2.16. The molecule has 3 rings (SSSR count). The van der Waals surface area contributed by atoms with Gasteiger partial charge < -0.3 is 5.32 Å². The standard InChI is InChI=1S/C17H12FN5O/c18-16-8-12(6-7-20-16)17(24)22-15(9-19)13-10-21-23(11-13)14-4-2-1-3-5-14/h1-8,10-11,15H,(H,22,24). The molecule has 0 saturated heterocycles. The zero-order chi connectivity index (χ0) is 16.9. The molecule has 7 heteroatoms. The third kappa shape index (κ3) is 3.28. The van der Waals surface area contributed by atoms with Crippen molar-refractivity contribution in [1.82, 2.24) is 20.1 Å². The Labute approximate surface area is 137 Å². The molecule has 0 radical (unpaired) electrons. The lowest BCUT2D eigenvalue weighted by Crippen LogP contribution is -2.27. The van der Waals surface area contributed by atoms with E-state index in [4.69, 9.17) is 0 Å². The molecular formula is C17H12FN5O. The summed E-state index contributed by atoms with van der Waals surface area (Å²) in [5, 5.41) is 16.1. The number of rotatable bonds is 4. The molecule has 0 spiro atoms. The monoisotopic (exact) mass is 321 g/mol. The number of aromatic nitrogens is 3. The van der Waals surface area contributed by atoms with E-state index in [9.17, 15) is 14.4 Å². The summed E-state index contributed by atoms with van der Waals surface area (Å²) in [5.74, 6) is -1.32. The van der Waals surface area contributed by atoms with Gasteiger partial charge in [0.2, 0.25) is 5.95 Å². The van der Waals surface area contributed by atoms with E-state index in [0.717, 1.165) is 11.8 Å². The Bertz CT molecular complexity index is 901. The fourth-order valence-corrected chi connectivity index (χ4v) is 2.16. The molecule has 1 N–H and O–H groups in total. The van der Waals surface area contributed by atoms with Gasteiger partial charge in [-0.1, -0.05) is 18.2 Å². The number of hydrogen-bond donors (Lipinski definition) is 1. The molecule has 2 heterocycles. The Balaban J connectivity index is 1.79. The van der Waals surface area contributed by atoms with Crippen LogP contribution in [0.2, 0.25) is 0 Å². The van der Waals surface area contributed by atoms with Crippen molar-refractivity contribution >= 4 is 5.91 Å². The number of amides is 1. The molecule has 0 bridgehead atoms. The topological polar surface area (TPSA) is 83.6 Å². The number of nitriles is 1. The molecule has 1 unspecified atom stereocenters. The first kappa shape index (κ1) is 15.4. The number of pyridine rings is 1. The highest BCUT2D eigenvalue weighted by Crippen LogP contribution is 2.15. The molecule has 0 fully saturated rings. The Morgan fingerprint density at radius 1 is 1.29 bits per heavy atom. The highest BCUT2D eigenvalue weighted by molar-refractivity contribution is 5.94. The van der Waals surface area contributed by atoms with Crippen LogP contribution in [0.3, 0.4) is 0 Å². The lowest BCUT2D eigenvalue weighted by Gasteiger charge is -2.09. The van der Waals surface area contributed by atoms with Gasteiger partial charge in [0.25, 0.3) is 5.91 Å². The molecule has 118 valence electrons. The molecule has 3 aromatic rings. The van der Waals surface area contributed by atoms with Crippen molar-refractivity contribution in [3.05, 3.63) is 78.1 Å². The second kappa shape index (κ2) is 6.71. The zero-order valence-corrected chi connectivity index (χ0v) is 12.4. The summed E-state index contributed by atoms with van der Waals surface area (Å²) >= 11 is 0. The Kier molecular flexibility index (Phi) is 4.29. The smallest absolute Gasteiger partial charge is 0.252 e. The Morgan fingerprint density at radius 3 is 2.79 bits per heavy atom. The summed E-state index contributed by atoms with van der Waals surface area (Å²) in [6.45, 7) is 0. The maximum atomic E-state index is 13.1.